The van der Waals surface area contributed by atoms with E-state index in [1.807, 2.05) is 140 Å². The van der Waals surface area contributed by atoms with E-state index in [9.17, 15) is 58.8 Å². The summed E-state index contributed by atoms with van der Waals surface area (Å²) in [6.07, 6.45) is 19.6. The summed E-state index contributed by atoms with van der Waals surface area (Å²) in [6.45, 7) is 18.4. The third-order valence-corrected chi connectivity index (χ3v) is 11.4. The Kier molecular flexibility index (Phi) is 20.5. The highest BCUT2D eigenvalue weighted by molar-refractivity contribution is 6.03. The molecule has 0 aromatic carbocycles. The Morgan fingerprint density at radius 1 is 0.529 bits per heavy atom. The van der Waals surface area contributed by atoms with Gasteiger partial charge in [-0.3, -0.25) is 28.8 Å². The first kappa shape index (κ1) is 57.3. The molecule has 0 aromatic heterocycles. The van der Waals surface area contributed by atoms with Crippen molar-refractivity contribution in [2.45, 2.75) is 131 Å². The van der Waals surface area contributed by atoms with Crippen molar-refractivity contribution in [3.8, 4) is 0 Å². The molecule has 2 aliphatic rings. The van der Waals surface area contributed by atoms with E-state index in [0.717, 1.165) is 33.4 Å². The lowest BCUT2D eigenvalue weighted by molar-refractivity contribution is -0.174. The fourth-order valence-corrected chi connectivity index (χ4v) is 7.56. The van der Waals surface area contributed by atoms with Crippen LogP contribution in [0.3, 0.4) is 0 Å². The van der Waals surface area contributed by atoms with Crippen molar-refractivity contribution in [1.82, 2.24) is 0 Å². The van der Waals surface area contributed by atoms with E-state index in [4.69, 9.17) is 19.7 Å². The molecular formula is C52H64O16. The molecule has 0 saturated heterocycles. The Morgan fingerprint density at radius 2 is 0.824 bits per heavy atom. The molecule has 0 spiro atoms. The van der Waals surface area contributed by atoms with Crippen LogP contribution in [0.5, 0.6) is 0 Å². The minimum atomic E-state index is -2.88. The van der Waals surface area contributed by atoms with Gasteiger partial charge in [0.1, 0.15) is 0 Å². The van der Waals surface area contributed by atoms with Gasteiger partial charge in [0.2, 0.25) is 0 Å². The van der Waals surface area contributed by atoms with Gasteiger partial charge in [0, 0.05) is 12.8 Å². The first-order chi connectivity index (χ1) is 31.3. The molecule has 0 amide bonds. The quantitative estimate of drug-likeness (QED) is 0.0456. The molecule has 0 radical (unpaired) electrons. The average molecular weight is 945 g/mol. The van der Waals surface area contributed by atoms with E-state index >= 15 is 0 Å². The molecule has 68 heavy (non-hydrogen) atoms. The van der Waals surface area contributed by atoms with Crippen molar-refractivity contribution in [3.63, 3.8) is 0 Å². The second-order valence-corrected chi connectivity index (χ2v) is 18.5. The number of hydrogen-bond donors (Lipinski definition) is 6. The minimum Gasteiger partial charge on any atom is -0.481 e. The molecule has 0 aromatic rings. The number of aliphatic hydroxyl groups is 2. The first-order valence-electron chi connectivity index (χ1n) is 21.7. The van der Waals surface area contributed by atoms with Crippen LogP contribution in [0.15, 0.2) is 130 Å². The lowest BCUT2D eigenvalue weighted by atomic mass is 9.71. The van der Waals surface area contributed by atoms with E-state index in [1.165, 1.54) is 0 Å². The van der Waals surface area contributed by atoms with Crippen LogP contribution >= 0.6 is 0 Å². The molecule has 16 nitrogen and oxygen atoms in total. The lowest BCUT2D eigenvalue weighted by Gasteiger charge is -2.36. The van der Waals surface area contributed by atoms with Crippen molar-refractivity contribution in [3.05, 3.63) is 130 Å². The van der Waals surface area contributed by atoms with E-state index in [0.29, 0.717) is 11.1 Å². The predicted molar refractivity (Wildman–Crippen MR) is 252 cm³/mol. The molecule has 2 aliphatic carbocycles. The third-order valence-electron chi connectivity index (χ3n) is 11.4. The van der Waals surface area contributed by atoms with Crippen LogP contribution < -0.4 is 0 Å². The van der Waals surface area contributed by atoms with Crippen LogP contribution in [-0.4, -0.2) is 101 Å². The van der Waals surface area contributed by atoms with Gasteiger partial charge in [-0.25, -0.2) is 9.59 Å². The Balaban J connectivity index is 2.02. The molecule has 0 fully saturated rings. The molecule has 2 rings (SSSR count). The van der Waals surface area contributed by atoms with Crippen molar-refractivity contribution in [1.29, 1.82) is 0 Å². The summed E-state index contributed by atoms with van der Waals surface area (Å²) in [5, 5.41) is 56.9. The number of rotatable bonds is 22. The molecule has 368 valence electrons. The van der Waals surface area contributed by atoms with E-state index in [-0.39, 0.29) is 12.8 Å². The Morgan fingerprint density at radius 3 is 1.12 bits per heavy atom. The van der Waals surface area contributed by atoms with Gasteiger partial charge in [0.25, 0.3) is 0 Å². The van der Waals surface area contributed by atoms with Gasteiger partial charge >= 0.3 is 35.8 Å². The number of ether oxygens (including phenoxy) is 2. The number of carboxylic acid groups (broad SMARTS) is 4. The SMILES string of the molecule is CC(C=CC=C(C)C=CC1=C(C)C(=O)C(OC(=O)CC(O)(CC(=O)O)C(=O)O)CC1(C)C)=CC=CC=C(C)C=CC=C(C)C=CC1=C(C)C(=O)C(OC(=O)CC(O)(CC(=O)O)C(=O)O)CC1(C)C. The van der Waals surface area contributed by atoms with Gasteiger partial charge in [0.15, 0.2) is 35.0 Å². The summed E-state index contributed by atoms with van der Waals surface area (Å²) in [5.41, 5.74) is -1.10. The van der Waals surface area contributed by atoms with Gasteiger partial charge in [0.05, 0.1) is 25.7 Å². The summed E-state index contributed by atoms with van der Waals surface area (Å²) >= 11 is 0. The molecule has 0 aliphatic heterocycles. The maximum atomic E-state index is 13.2. The average Bonchev–Trinajstić information content (AvgIpc) is 3.19. The zero-order chi connectivity index (χ0) is 51.9. The fourth-order valence-electron chi connectivity index (χ4n) is 7.56. The zero-order valence-electron chi connectivity index (χ0n) is 40.2. The Bertz CT molecular complexity index is 2220. The van der Waals surface area contributed by atoms with E-state index in [1.54, 1.807) is 13.8 Å². The van der Waals surface area contributed by atoms with Gasteiger partial charge in [-0.2, -0.15) is 0 Å². The van der Waals surface area contributed by atoms with Crippen LogP contribution in [0, 0.1) is 10.8 Å². The topological polar surface area (TPSA) is 276 Å². The highest BCUT2D eigenvalue weighted by Crippen LogP contribution is 2.42. The zero-order valence-corrected chi connectivity index (χ0v) is 40.2. The summed E-state index contributed by atoms with van der Waals surface area (Å²) in [5.74, 6) is -10.4. The van der Waals surface area contributed by atoms with Crippen LogP contribution in [-0.2, 0) is 47.8 Å². The number of ketones is 2. The molecule has 16 heteroatoms. The smallest absolute Gasteiger partial charge is 0.336 e. The monoisotopic (exact) mass is 944 g/mol. The van der Waals surface area contributed by atoms with Gasteiger partial charge in [-0.1, -0.05) is 135 Å². The Labute approximate surface area is 396 Å². The first-order valence-corrected chi connectivity index (χ1v) is 21.7. The van der Waals surface area contributed by atoms with Crippen LogP contribution in [0.25, 0.3) is 0 Å². The largest absolute Gasteiger partial charge is 0.481 e. The second kappa shape index (κ2) is 24.3. The number of hydrogen-bond acceptors (Lipinski definition) is 12. The van der Waals surface area contributed by atoms with Crippen molar-refractivity contribution >= 4 is 47.4 Å². The van der Waals surface area contributed by atoms with Gasteiger partial charge in [-0.05, 0) is 74.7 Å². The molecular weight excluding hydrogens is 881 g/mol. The fraction of sp³-hybridized carbons (Fsp3) is 0.423. The third kappa shape index (κ3) is 17.1. The molecule has 4 unspecified atom stereocenters. The molecule has 0 saturated carbocycles. The maximum Gasteiger partial charge on any atom is 0.336 e. The lowest BCUT2D eigenvalue weighted by Crippen LogP contribution is -2.45. The summed E-state index contributed by atoms with van der Waals surface area (Å²) in [6, 6.07) is 0. The van der Waals surface area contributed by atoms with Crippen molar-refractivity contribution in [2.75, 3.05) is 0 Å². The van der Waals surface area contributed by atoms with Crippen LogP contribution in [0.4, 0.5) is 0 Å². The number of allylic oxidation sites excluding steroid dienone is 20. The minimum absolute atomic E-state index is 0.0904. The number of aliphatic carboxylic acids is 4. The summed E-state index contributed by atoms with van der Waals surface area (Å²) < 4.78 is 10.5. The van der Waals surface area contributed by atoms with Crippen molar-refractivity contribution in [2.24, 2.45) is 10.8 Å². The van der Waals surface area contributed by atoms with Crippen LogP contribution in [0.2, 0.25) is 0 Å². The molecule has 6 N–H and O–H groups in total. The predicted octanol–water partition coefficient (Wildman–Crippen LogP) is 7.37. The maximum absolute atomic E-state index is 13.2. The summed E-state index contributed by atoms with van der Waals surface area (Å²) in [4.78, 5) is 96.4. The van der Waals surface area contributed by atoms with E-state index < -0.39 is 107 Å². The van der Waals surface area contributed by atoms with Gasteiger partial charge < -0.3 is 40.1 Å². The van der Waals surface area contributed by atoms with E-state index in [2.05, 4.69) is 0 Å². The molecule has 4 atom stereocenters. The Hall–Kier alpha value is -6.78. The standard InChI is InChI=1S/C52H64O16/c1-31(17-13-19-33(3)21-23-37-35(5)45(59)39(25-49(37,7)8)67-43(57)29-51(65,47(61)62)27-41(53)54)15-11-12-16-32(2)18-14-20-34(4)22-24-38-36(6)46(60)40(26-50(38,9)10)68-44(58)30-52(66,48(63)64)28-42(55)56/h11-24,39-40,65-66H,25-30H2,1-10H3,(H,53,54)(H,55,56)(H,61,62)(H,63,64). The van der Waals surface area contributed by atoms with Crippen molar-refractivity contribution < 1.29 is 78.5 Å². The van der Waals surface area contributed by atoms with Crippen LogP contribution in [0.1, 0.15) is 108 Å². The summed E-state index contributed by atoms with van der Waals surface area (Å²) in [7, 11) is 0. The molecule has 0 bridgehead atoms. The molecule has 0 heterocycles. The number of carbonyl (C=O) groups excluding carboxylic acids is 4. The number of Topliss-reactive ketones (excluding diaryl/α,β-unsaturated/α-hetero) is 2. The highest BCUT2D eigenvalue weighted by atomic mass is 16.6. The number of carboxylic acids is 4. The number of carbonyl (C=O) groups is 8. The normalized spacial score (nSPS) is 21.5. The highest BCUT2D eigenvalue weighted by Gasteiger charge is 2.46. The van der Waals surface area contributed by atoms with Gasteiger partial charge in [-0.15, -0.1) is 0 Å². The second-order valence-electron chi connectivity index (χ2n) is 18.5. The number of esters is 2.